The average Bonchev–Trinajstić information content (AvgIpc) is 3.16. The predicted molar refractivity (Wildman–Crippen MR) is 204 cm³/mol. The van der Waals surface area contributed by atoms with Crippen LogP contribution in [0.4, 0.5) is 23.2 Å². The van der Waals surface area contributed by atoms with E-state index in [0.717, 1.165) is 25.8 Å². The summed E-state index contributed by atoms with van der Waals surface area (Å²) in [4.78, 5) is 56.9. The van der Waals surface area contributed by atoms with Crippen molar-refractivity contribution in [1.82, 2.24) is 20.0 Å². The highest BCUT2D eigenvalue weighted by molar-refractivity contribution is 5.99. The molecule has 1 N–H and O–H groups in total. The first-order valence-electron chi connectivity index (χ1n) is 19.0. The molecule has 4 heterocycles. The number of unbranched alkanes of at least 4 members (excludes halogenated alkanes) is 3. The summed E-state index contributed by atoms with van der Waals surface area (Å²) in [5.74, 6) is -1.08. The molecule has 5 aromatic rings. The lowest BCUT2D eigenvalue weighted by Gasteiger charge is -2.43. The monoisotopic (exact) mass is 773 g/mol. The van der Waals surface area contributed by atoms with Gasteiger partial charge in [0.2, 0.25) is 5.91 Å². The number of hydrogen-bond donors (Lipinski definition) is 1. The summed E-state index contributed by atoms with van der Waals surface area (Å²) in [5.41, 5.74) is -0.781. The first-order valence-corrected chi connectivity index (χ1v) is 19.0. The molecule has 0 spiro atoms. The van der Waals surface area contributed by atoms with Crippen molar-refractivity contribution in [2.24, 2.45) is 0 Å². The number of nitrogens with one attached hydrogen (secondary N) is 1. The summed E-state index contributed by atoms with van der Waals surface area (Å²) in [5, 5.41) is 7.75. The zero-order valence-corrected chi connectivity index (χ0v) is 31.3. The van der Waals surface area contributed by atoms with E-state index in [1.807, 2.05) is 26.0 Å². The second-order valence-corrected chi connectivity index (χ2v) is 15.3. The zero-order valence-electron chi connectivity index (χ0n) is 31.3. The predicted octanol–water partition coefficient (Wildman–Crippen LogP) is 7.24. The van der Waals surface area contributed by atoms with Crippen LogP contribution in [0.2, 0.25) is 0 Å². The molecule has 0 radical (unpaired) electrons. The number of piperazine rings is 1. The van der Waals surface area contributed by atoms with Crippen molar-refractivity contribution in [1.29, 1.82) is 0 Å². The van der Waals surface area contributed by atoms with E-state index in [0.29, 0.717) is 91.2 Å². The number of aromatic nitrogens is 2. The van der Waals surface area contributed by atoms with Crippen LogP contribution in [-0.2, 0) is 23.8 Å². The molecule has 2 aromatic heterocycles. The number of rotatable bonds is 10. The normalized spacial score (nSPS) is 16.0. The molecule has 0 bridgehead atoms. The van der Waals surface area contributed by atoms with Gasteiger partial charge in [0.15, 0.2) is 0 Å². The topological polar surface area (TPSA) is 120 Å². The summed E-state index contributed by atoms with van der Waals surface area (Å²) < 4.78 is 61.3. The van der Waals surface area contributed by atoms with Crippen LogP contribution in [0.25, 0.3) is 21.7 Å². The summed E-state index contributed by atoms with van der Waals surface area (Å²) in [6.07, 6.45) is 0.162. The number of carbonyl (C=O) groups is 2. The third kappa shape index (κ3) is 8.11. The quantitative estimate of drug-likeness (QED) is 0.0903. The van der Waals surface area contributed by atoms with E-state index in [-0.39, 0.29) is 40.3 Å². The maximum Gasteiger partial charge on any atom is 0.417 e. The number of aromatic amines is 1. The molecule has 3 aromatic carbocycles. The highest BCUT2D eigenvalue weighted by atomic mass is 19.4. The van der Waals surface area contributed by atoms with Crippen LogP contribution in [0.15, 0.2) is 74.7 Å². The van der Waals surface area contributed by atoms with E-state index in [4.69, 9.17) is 4.42 Å². The summed E-state index contributed by atoms with van der Waals surface area (Å²) in [6.45, 7) is 6.92. The van der Waals surface area contributed by atoms with Crippen LogP contribution in [0.5, 0.6) is 0 Å². The van der Waals surface area contributed by atoms with Crippen molar-refractivity contribution < 1.29 is 31.6 Å². The highest BCUT2D eigenvalue weighted by Crippen LogP contribution is 2.42. The summed E-state index contributed by atoms with van der Waals surface area (Å²) >= 11 is 0. The van der Waals surface area contributed by atoms with E-state index in [2.05, 4.69) is 15.1 Å². The molecule has 14 heteroatoms. The molecule has 56 heavy (non-hydrogen) atoms. The number of halogens is 4. The number of alkyl halides is 3. The fourth-order valence-electron chi connectivity index (χ4n) is 8.00. The van der Waals surface area contributed by atoms with E-state index in [1.165, 1.54) is 18.2 Å². The van der Waals surface area contributed by atoms with Crippen LogP contribution in [0, 0.1) is 5.82 Å². The SMILES string of the molecule is CC1(C)CCc2cc3c(C(F)(F)F)cc(=O)oc3cc2N1C(=O)CCCCCCN1CCN(C(=O)c2cc(Cc3n[nH]c(=O)c4ccccc34)ccc2F)CC1. The van der Waals surface area contributed by atoms with Crippen molar-refractivity contribution in [2.45, 2.75) is 76.9 Å². The Morgan fingerprint density at radius 2 is 1.62 bits per heavy atom. The third-order valence-corrected chi connectivity index (χ3v) is 11.0. The number of nitrogens with zero attached hydrogens (tertiary/aromatic N) is 4. The average molecular weight is 774 g/mol. The molecule has 2 aliphatic heterocycles. The Morgan fingerprint density at radius 3 is 2.38 bits per heavy atom. The fraction of sp³-hybridized carbons (Fsp3) is 0.405. The standard InChI is InChI=1S/C42H43F4N5O5/c1-41(2)15-14-27-23-30-32(42(44,45)46)24-38(53)56-36(30)25-35(27)51(41)37(52)11-5-3-4-8-16-49-17-19-50(20-18-49)40(55)31-21-26(12-13-33(31)43)22-34-28-9-6-7-10-29(28)39(54)48-47-34/h6-7,9-10,12-13,21,23-25H,3-5,8,11,14-20,22H2,1-2H3,(H,48,54). The van der Waals surface area contributed by atoms with Gasteiger partial charge in [-0.25, -0.2) is 14.3 Å². The minimum absolute atomic E-state index is 0.00574. The van der Waals surface area contributed by atoms with Gasteiger partial charge in [-0.15, -0.1) is 0 Å². The van der Waals surface area contributed by atoms with E-state index in [9.17, 15) is 36.7 Å². The van der Waals surface area contributed by atoms with Gasteiger partial charge < -0.3 is 14.2 Å². The molecule has 2 amide bonds. The van der Waals surface area contributed by atoms with Gasteiger partial charge in [-0.1, -0.05) is 37.1 Å². The highest BCUT2D eigenvalue weighted by Gasteiger charge is 2.39. The Balaban J connectivity index is 0.886. The molecular formula is C42H43F4N5O5. The van der Waals surface area contributed by atoms with Crippen molar-refractivity contribution in [2.75, 3.05) is 37.6 Å². The number of carbonyl (C=O) groups excluding carboxylic acids is 2. The number of fused-ring (bicyclic) bond motifs is 3. The first-order chi connectivity index (χ1) is 26.7. The number of hydrogen-bond acceptors (Lipinski definition) is 7. The Kier molecular flexibility index (Phi) is 10.9. The zero-order chi connectivity index (χ0) is 39.8. The van der Waals surface area contributed by atoms with Crippen LogP contribution in [0.1, 0.15) is 85.1 Å². The minimum Gasteiger partial charge on any atom is -0.423 e. The molecule has 1 fully saturated rings. The van der Waals surface area contributed by atoms with Crippen LogP contribution in [-0.4, -0.2) is 70.1 Å². The van der Waals surface area contributed by atoms with Gasteiger partial charge in [-0.2, -0.15) is 18.3 Å². The Morgan fingerprint density at radius 1 is 0.893 bits per heavy atom. The van der Waals surface area contributed by atoms with Crippen molar-refractivity contribution in [3.05, 3.63) is 115 Å². The van der Waals surface area contributed by atoms with Gasteiger partial charge in [-0.3, -0.25) is 19.3 Å². The van der Waals surface area contributed by atoms with E-state index >= 15 is 0 Å². The van der Waals surface area contributed by atoms with Gasteiger partial charge in [0, 0.05) is 67.5 Å². The molecule has 7 rings (SSSR count). The maximum atomic E-state index is 14.9. The number of anilines is 1. The van der Waals surface area contributed by atoms with Crippen molar-refractivity contribution in [3.63, 3.8) is 0 Å². The largest absolute Gasteiger partial charge is 0.423 e. The lowest BCUT2D eigenvalue weighted by atomic mass is 9.85. The number of amides is 2. The number of H-pyrrole nitrogens is 1. The second kappa shape index (κ2) is 15.6. The van der Waals surface area contributed by atoms with Gasteiger partial charge in [0.05, 0.1) is 27.9 Å². The third-order valence-electron chi connectivity index (χ3n) is 11.0. The molecule has 2 aliphatic rings. The van der Waals surface area contributed by atoms with E-state index in [1.54, 1.807) is 34.1 Å². The lowest BCUT2D eigenvalue weighted by Crippen LogP contribution is -2.51. The van der Waals surface area contributed by atoms with Crippen LogP contribution >= 0.6 is 0 Å². The molecule has 0 aliphatic carbocycles. The molecule has 1 saturated heterocycles. The molecular weight excluding hydrogens is 730 g/mol. The minimum atomic E-state index is -4.72. The Hall–Kier alpha value is -5.37. The number of aryl methyl sites for hydroxylation is 1. The van der Waals surface area contributed by atoms with Crippen molar-refractivity contribution in [3.8, 4) is 0 Å². The molecule has 0 unspecified atom stereocenters. The van der Waals surface area contributed by atoms with Gasteiger partial charge in [0.1, 0.15) is 11.4 Å². The molecule has 294 valence electrons. The first kappa shape index (κ1) is 38.9. The second-order valence-electron chi connectivity index (χ2n) is 15.3. The smallest absolute Gasteiger partial charge is 0.417 e. The fourth-order valence-corrected chi connectivity index (χ4v) is 8.00. The summed E-state index contributed by atoms with van der Waals surface area (Å²) in [6, 6.07) is 14.9. The number of benzene rings is 3. The lowest BCUT2D eigenvalue weighted by molar-refractivity contribution is -0.136. The Labute approximate surface area is 320 Å². The van der Waals surface area contributed by atoms with Gasteiger partial charge >= 0.3 is 11.8 Å². The Bertz CT molecular complexity index is 2420. The van der Waals surface area contributed by atoms with Gasteiger partial charge in [0.25, 0.3) is 11.5 Å². The molecule has 10 nitrogen and oxygen atoms in total. The van der Waals surface area contributed by atoms with Gasteiger partial charge in [-0.05, 0) is 81.5 Å². The molecule has 0 saturated carbocycles. The van der Waals surface area contributed by atoms with Crippen molar-refractivity contribution >= 4 is 39.2 Å². The van der Waals surface area contributed by atoms with Crippen LogP contribution < -0.4 is 16.1 Å². The maximum absolute atomic E-state index is 14.9. The van der Waals surface area contributed by atoms with E-state index < -0.39 is 28.7 Å². The molecule has 0 atom stereocenters. The van der Waals surface area contributed by atoms with Crippen LogP contribution in [0.3, 0.4) is 0 Å². The summed E-state index contributed by atoms with van der Waals surface area (Å²) in [7, 11) is 0.